The number of imide groups is 1. The van der Waals surface area contributed by atoms with Crippen LogP contribution in [0.15, 0.2) is 85.1 Å². The minimum Gasteiger partial charge on any atom is -0.358 e. The molecule has 0 aromatic heterocycles. The molecule has 35 heavy (non-hydrogen) atoms. The van der Waals surface area contributed by atoms with E-state index in [1.54, 1.807) is 41.4 Å². The number of nitro groups is 1. The van der Waals surface area contributed by atoms with Gasteiger partial charge in [0, 0.05) is 23.9 Å². The number of nitro benzene ring substituents is 1. The Morgan fingerprint density at radius 1 is 0.857 bits per heavy atom. The van der Waals surface area contributed by atoms with E-state index in [-0.39, 0.29) is 17.2 Å². The van der Waals surface area contributed by atoms with Gasteiger partial charge in [0.25, 0.3) is 5.69 Å². The fourth-order valence-electron chi connectivity index (χ4n) is 5.63. The molecule has 0 spiro atoms. The maximum absolute atomic E-state index is 13.8. The average molecular weight is 465 g/mol. The molecular formula is C27H19N3O5. The predicted molar refractivity (Wildman–Crippen MR) is 127 cm³/mol. The summed E-state index contributed by atoms with van der Waals surface area (Å²) in [6.07, 6.45) is 3.63. The second-order valence-electron chi connectivity index (χ2n) is 8.85. The van der Waals surface area contributed by atoms with Crippen molar-refractivity contribution >= 4 is 35.0 Å². The molecule has 0 unspecified atom stereocenters. The first kappa shape index (κ1) is 21.0. The fourth-order valence-corrected chi connectivity index (χ4v) is 5.63. The Hall–Kier alpha value is -4.59. The number of nitrogens with zero attached hydrogens (tertiary/aromatic N) is 3. The van der Waals surface area contributed by atoms with Gasteiger partial charge >= 0.3 is 0 Å². The molecule has 2 amide bonds. The number of anilines is 1. The normalized spacial score (nSPS) is 24.2. The molecule has 4 atom stereocenters. The Balaban J connectivity index is 1.50. The third-order valence-electron chi connectivity index (χ3n) is 7.09. The maximum atomic E-state index is 13.8. The van der Waals surface area contributed by atoms with Crippen molar-refractivity contribution in [2.24, 2.45) is 11.8 Å². The first-order valence-corrected chi connectivity index (χ1v) is 11.2. The highest BCUT2D eigenvalue weighted by atomic mass is 16.6. The molecule has 2 saturated heterocycles. The van der Waals surface area contributed by atoms with Crippen LogP contribution in [0.3, 0.4) is 0 Å². The van der Waals surface area contributed by atoms with Gasteiger partial charge in [0.2, 0.25) is 11.8 Å². The number of benzene rings is 3. The van der Waals surface area contributed by atoms with Gasteiger partial charge in [-0.05, 0) is 29.3 Å². The molecule has 0 aliphatic carbocycles. The van der Waals surface area contributed by atoms with E-state index in [4.69, 9.17) is 0 Å². The van der Waals surface area contributed by atoms with E-state index in [0.29, 0.717) is 5.69 Å². The maximum Gasteiger partial charge on any atom is 0.270 e. The van der Waals surface area contributed by atoms with Crippen LogP contribution in [0.25, 0.3) is 6.08 Å². The zero-order chi connectivity index (χ0) is 24.3. The van der Waals surface area contributed by atoms with Crippen LogP contribution in [0.2, 0.25) is 0 Å². The quantitative estimate of drug-likeness (QED) is 0.250. The molecule has 0 radical (unpaired) electrons. The number of rotatable bonds is 4. The third-order valence-corrected chi connectivity index (χ3v) is 7.09. The van der Waals surface area contributed by atoms with Crippen LogP contribution in [-0.4, -0.2) is 33.5 Å². The van der Waals surface area contributed by atoms with Crippen molar-refractivity contribution in [1.29, 1.82) is 0 Å². The van der Waals surface area contributed by atoms with Crippen molar-refractivity contribution in [3.8, 4) is 0 Å². The van der Waals surface area contributed by atoms with E-state index in [9.17, 15) is 24.5 Å². The van der Waals surface area contributed by atoms with E-state index in [0.717, 1.165) is 11.1 Å². The van der Waals surface area contributed by atoms with E-state index in [1.807, 2.05) is 30.3 Å². The van der Waals surface area contributed by atoms with Crippen molar-refractivity contribution < 1.29 is 19.3 Å². The van der Waals surface area contributed by atoms with Gasteiger partial charge in [0.15, 0.2) is 5.78 Å². The molecule has 8 nitrogen and oxygen atoms in total. The smallest absolute Gasteiger partial charge is 0.270 e. The van der Waals surface area contributed by atoms with Crippen LogP contribution < -0.4 is 4.90 Å². The first-order valence-electron chi connectivity index (χ1n) is 11.2. The molecule has 0 saturated carbocycles. The summed E-state index contributed by atoms with van der Waals surface area (Å²) in [6.45, 7) is 0. The molecule has 3 aliphatic rings. The Morgan fingerprint density at radius 2 is 1.57 bits per heavy atom. The van der Waals surface area contributed by atoms with Gasteiger partial charge in [0.1, 0.15) is 6.04 Å². The van der Waals surface area contributed by atoms with Crippen LogP contribution in [0.1, 0.15) is 27.5 Å². The minimum absolute atomic E-state index is 0.134. The van der Waals surface area contributed by atoms with E-state index >= 15 is 0 Å². The number of Topliss-reactive ketones (excluding diaryl/α,β-unsaturated/α-hetero) is 1. The van der Waals surface area contributed by atoms with E-state index in [2.05, 4.69) is 0 Å². The lowest BCUT2D eigenvalue weighted by molar-refractivity contribution is -0.384. The SMILES string of the molecule is O=C(c1cccc([N+](=O)[O-])c1)[C@@H]1[C@@H]2C(=O)N(c3ccccc3)C(=O)[C@H]2[C@H]2c3ccccc3C=CN12. The van der Waals surface area contributed by atoms with Gasteiger partial charge in [-0.25, -0.2) is 4.90 Å². The molecule has 3 aromatic carbocycles. The predicted octanol–water partition coefficient (Wildman–Crippen LogP) is 3.99. The molecular weight excluding hydrogens is 446 g/mol. The molecule has 6 rings (SSSR count). The van der Waals surface area contributed by atoms with Gasteiger partial charge in [0.05, 0.1) is 28.5 Å². The monoisotopic (exact) mass is 465 g/mol. The molecule has 8 heteroatoms. The average Bonchev–Trinajstić information content (AvgIpc) is 3.36. The van der Waals surface area contributed by atoms with Gasteiger partial charge < -0.3 is 4.90 Å². The van der Waals surface area contributed by atoms with Gasteiger partial charge in [-0.1, -0.05) is 54.6 Å². The Morgan fingerprint density at radius 3 is 2.34 bits per heavy atom. The highest BCUT2D eigenvalue weighted by Crippen LogP contribution is 2.53. The summed E-state index contributed by atoms with van der Waals surface area (Å²) >= 11 is 0. The number of amides is 2. The summed E-state index contributed by atoms with van der Waals surface area (Å²) in [6, 6.07) is 20.3. The fraction of sp³-hybridized carbons (Fsp3) is 0.148. The Labute approximate surface area is 200 Å². The van der Waals surface area contributed by atoms with Crippen molar-refractivity contribution in [3.05, 3.63) is 112 Å². The summed E-state index contributed by atoms with van der Waals surface area (Å²) < 4.78 is 0. The molecule has 3 aliphatic heterocycles. The molecule has 3 heterocycles. The molecule has 0 bridgehead atoms. The van der Waals surface area contributed by atoms with Crippen LogP contribution in [0, 0.1) is 22.0 Å². The number of para-hydroxylation sites is 1. The highest BCUT2D eigenvalue weighted by Gasteiger charge is 2.64. The van der Waals surface area contributed by atoms with Crippen LogP contribution in [-0.2, 0) is 9.59 Å². The van der Waals surface area contributed by atoms with Crippen molar-refractivity contribution in [3.63, 3.8) is 0 Å². The van der Waals surface area contributed by atoms with Gasteiger partial charge in [-0.3, -0.25) is 24.5 Å². The van der Waals surface area contributed by atoms with Crippen molar-refractivity contribution in [1.82, 2.24) is 4.90 Å². The number of non-ortho nitro benzene ring substituents is 1. The summed E-state index contributed by atoms with van der Waals surface area (Å²) in [7, 11) is 0. The summed E-state index contributed by atoms with van der Waals surface area (Å²) in [4.78, 5) is 55.1. The lowest BCUT2D eigenvalue weighted by atomic mass is 9.83. The summed E-state index contributed by atoms with van der Waals surface area (Å²) in [5.41, 5.74) is 2.19. The van der Waals surface area contributed by atoms with E-state index < -0.39 is 40.5 Å². The summed E-state index contributed by atoms with van der Waals surface area (Å²) in [5, 5.41) is 11.3. The number of hydrogen-bond donors (Lipinski definition) is 0. The topological polar surface area (TPSA) is 101 Å². The zero-order valence-electron chi connectivity index (χ0n) is 18.4. The van der Waals surface area contributed by atoms with Crippen LogP contribution >= 0.6 is 0 Å². The van der Waals surface area contributed by atoms with Crippen LogP contribution in [0.5, 0.6) is 0 Å². The zero-order valence-corrected chi connectivity index (χ0v) is 18.4. The number of carbonyl (C=O) groups excluding carboxylic acids is 3. The second kappa shape index (κ2) is 7.73. The summed E-state index contributed by atoms with van der Waals surface area (Å²) in [5.74, 6) is -2.89. The van der Waals surface area contributed by atoms with Crippen LogP contribution in [0.4, 0.5) is 11.4 Å². The van der Waals surface area contributed by atoms with Gasteiger partial charge in [-0.15, -0.1) is 0 Å². The minimum atomic E-state index is -0.971. The van der Waals surface area contributed by atoms with Gasteiger partial charge in [-0.2, -0.15) is 0 Å². The lowest BCUT2D eigenvalue weighted by Crippen LogP contribution is -2.44. The van der Waals surface area contributed by atoms with Crippen molar-refractivity contribution in [2.75, 3.05) is 4.90 Å². The molecule has 172 valence electrons. The standard InChI is InChI=1S/C27H19N3O5/c31-25(17-8-6-11-19(15-17)30(34)35)24-22-21(23-20-12-5-4-7-16(20)13-14-28(23)24)26(32)29(27(22)33)18-9-2-1-3-10-18/h1-15,21-24H/t21-,22-,23-,24+/m1/s1. The van der Waals surface area contributed by atoms with E-state index in [1.165, 1.54) is 29.2 Å². The largest absolute Gasteiger partial charge is 0.358 e. The number of carbonyl (C=O) groups is 3. The number of hydrogen-bond acceptors (Lipinski definition) is 6. The highest BCUT2D eigenvalue weighted by molar-refractivity contribution is 6.24. The second-order valence-corrected chi connectivity index (χ2v) is 8.85. The molecule has 3 aromatic rings. The lowest BCUT2D eigenvalue weighted by Gasteiger charge is -2.35. The first-order chi connectivity index (χ1) is 17.0. The number of ketones is 1. The van der Waals surface area contributed by atoms with Crippen molar-refractivity contribution in [2.45, 2.75) is 12.1 Å². The Kier molecular flexibility index (Phi) is 4.63. The molecule has 0 N–H and O–H groups in total. The Bertz CT molecular complexity index is 1430. The molecule has 2 fully saturated rings. The third kappa shape index (κ3) is 3.03. The number of fused-ring (bicyclic) bond motifs is 5.